The second-order valence-corrected chi connectivity index (χ2v) is 3.49. The molecule has 0 aliphatic carbocycles. The molecule has 0 spiro atoms. The van der Waals surface area contributed by atoms with Crippen molar-refractivity contribution in [3.8, 4) is 12.1 Å². The molecule has 0 saturated carbocycles. The van der Waals surface area contributed by atoms with Crippen LogP contribution in [0.25, 0.3) is 0 Å². The summed E-state index contributed by atoms with van der Waals surface area (Å²) in [7, 11) is 0. The zero-order valence-corrected chi connectivity index (χ0v) is 8.45. The highest BCUT2D eigenvalue weighted by molar-refractivity contribution is 7.99. The van der Waals surface area contributed by atoms with E-state index in [-0.39, 0.29) is 23.8 Å². The van der Waals surface area contributed by atoms with Gasteiger partial charge in [0.15, 0.2) is 17.2 Å². The van der Waals surface area contributed by atoms with Crippen LogP contribution >= 0.6 is 11.8 Å². The summed E-state index contributed by atoms with van der Waals surface area (Å²) in [6.45, 7) is -0.0306. The molecule has 1 rings (SSSR count). The molecule has 0 aliphatic rings. The van der Waals surface area contributed by atoms with Gasteiger partial charge in [-0.25, -0.2) is 9.97 Å². The number of nitrogens with zero attached hydrogens (tertiary/aromatic N) is 4. The van der Waals surface area contributed by atoms with Crippen molar-refractivity contribution in [1.29, 1.82) is 10.5 Å². The number of aliphatic hydroxyl groups excluding tert-OH is 1. The molecule has 0 amide bonds. The maximum absolute atomic E-state index is 8.75. The SMILES string of the molecule is N#Cc1nc(C#N)c(SCCO)nc1N. The molecule has 1 heterocycles. The number of thioether (sulfide) groups is 1. The zero-order valence-electron chi connectivity index (χ0n) is 7.64. The van der Waals surface area contributed by atoms with Gasteiger partial charge in [0.25, 0.3) is 0 Å². The number of nitrogens with two attached hydrogens (primary N) is 1. The minimum atomic E-state index is -0.0556. The van der Waals surface area contributed by atoms with Crippen LogP contribution in [-0.4, -0.2) is 27.4 Å². The number of aliphatic hydroxyl groups is 1. The summed E-state index contributed by atoms with van der Waals surface area (Å²) in [5.41, 5.74) is 5.45. The second-order valence-electron chi connectivity index (χ2n) is 2.41. The van der Waals surface area contributed by atoms with Crippen LogP contribution in [0, 0.1) is 22.7 Å². The number of rotatable bonds is 3. The van der Waals surface area contributed by atoms with Crippen molar-refractivity contribution in [2.24, 2.45) is 0 Å². The summed E-state index contributed by atoms with van der Waals surface area (Å²) in [6, 6.07) is 3.57. The van der Waals surface area contributed by atoms with E-state index in [9.17, 15) is 0 Å². The molecule has 0 fully saturated rings. The highest BCUT2D eigenvalue weighted by atomic mass is 32.2. The normalized spacial score (nSPS) is 9.27. The van der Waals surface area contributed by atoms with E-state index in [2.05, 4.69) is 9.97 Å². The lowest BCUT2D eigenvalue weighted by Crippen LogP contribution is -2.03. The number of nitrogen functional groups attached to an aromatic ring is 1. The Morgan fingerprint density at radius 2 is 1.93 bits per heavy atom. The van der Waals surface area contributed by atoms with E-state index in [1.807, 2.05) is 6.07 Å². The van der Waals surface area contributed by atoms with Gasteiger partial charge in [-0.15, -0.1) is 11.8 Å². The summed E-state index contributed by atoms with van der Waals surface area (Å²) in [5.74, 6) is 0.395. The smallest absolute Gasteiger partial charge is 0.184 e. The molecule has 3 N–H and O–H groups in total. The standard InChI is InChI=1S/C8H7N5OS/c9-3-5-7(11)13-8(15-2-1-14)6(4-10)12-5/h14H,1-2H2,(H2,11,13). The van der Waals surface area contributed by atoms with Gasteiger partial charge in [-0.3, -0.25) is 0 Å². The second kappa shape index (κ2) is 5.15. The number of nitriles is 2. The highest BCUT2D eigenvalue weighted by Gasteiger charge is 2.11. The van der Waals surface area contributed by atoms with E-state index in [1.54, 1.807) is 6.07 Å². The monoisotopic (exact) mass is 221 g/mol. The summed E-state index contributed by atoms with van der Waals surface area (Å²) in [5, 5.41) is 26.3. The molecule has 1 aromatic rings. The van der Waals surface area contributed by atoms with Gasteiger partial charge in [-0.2, -0.15) is 10.5 Å². The minimum absolute atomic E-state index is 0.00283. The molecule has 1 aromatic heterocycles. The van der Waals surface area contributed by atoms with Crippen LogP contribution in [0.2, 0.25) is 0 Å². The fourth-order valence-corrected chi connectivity index (χ4v) is 1.51. The van der Waals surface area contributed by atoms with Crippen LogP contribution < -0.4 is 5.73 Å². The van der Waals surface area contributed by atoms with Crippen molar-refractivity contribution in [2.75, 3.05) is 18.1 Å². The largest absolute Gasteiger partial charge is 0.396 e. The summed E-state index contributed by atoms with van der Waals surface area (Å²) in [4.78, 5) is 7.62. The Labute approximate surface area is 90.4 Å². The molecule has 15 heavy (non-hydrogen) atoms. The fourth-order valence-electron chi connectivity index (χ4n) is 0.830. The minimum Gasteiger partial charge on any atom is -0.396 e. The molecule has 6 nitrogen and oxygen atoms in total. The van der Waals surface area contributed by atoms with Crippen molar-refractivity contribution in [3.63, 3.8) is 0 Å². The van der Waals surface area contributed by atoms with Crippen LogP contribution in [0.5, 0.6) is 0 Å². The van der Waals surface area contributed by atoms with Gasteiger partial charge in [-0.05, 0) is 0 Å². The third-order valence-corrected chi connectivity index (χ3v) is 2.38. The van der Waals surface area contributed by atoms with Crippen molar-refractivity contribution in [3.05, 3.63) is 11.4 Å². The van der Waals surface area contributed by atoms with Crippen molar-refractivity contribution >= 4 is 17.6 Å². The van der Waals surface area contributed by atoms with Crippen LogP contribution in [0.4, 0.5) is 5.82 Å². The predicted octanol–water partition coefficient (Wildman–Crippen LogP) is -0.113. The first-order valence-corrected chi connectivity index (χ1v) is 4.92. The number of hydrogen-bond acceptors (Lipinski definition) is 7. The van der Waals surface area contributed by atoms with Crippen molar-refractivity contribution < 1.29 is 5.11 Å². The first kappa shape index (κ1) is 11.2. The summed E-state index contributed by atoms with van der Waals surface area (Å²) < 4.78 is 0. The Balaban J connectivity index is 3.12. The Morgan fingerprint density at radius 3 is 2.47 bits per heavy atom. The summed E-state index contributed by atoms with van der Waals surface area (Å²) in [6.07, 6.45) is 0. The molecule has 7 heteroatoms. The highest BCUT2D eigenvalue weighted by Crippen LogP contribution is 2.20. The molecule has 0 unspecified atom stereocenters. The fraction of sp³-hybridized carbons (Fsp3) is 0.250. The third-order valence-electron chi connectivity index (χ3n) is 1.43. The first-order chi connectivity index (χ1) is 7.22. The van der Waals surface area contributed by atoms with Crippen molar-refractivity contribution in [1.82, 2.24) is 9.97 Å². The Hall–Kier alpha value is -1.83. The molecule has 0 atom stereocenters. The van der Waals surface area contributed by atoms with Gasteiger partial charge in [-0.1, -0.05) is 0 Å². The van der Waals surface area contributed by atoms with Gasteiger partial charge in [0.2, 0.25) is 0 Å². The number of hydrogen-bond donors (Lipinski definition) is 2. The Bertz CT molecular complexity index is 448. The molecule has 0 saturated heterocycles. The van der Waals surface area contributed by atoms with E-state index in [4.69, 9.17) is 21.4 Å². The van der Waals surface area contributed by atoms with E-state index in [1.165, 1.54) is 11.8 Å². The van der Waals surface area contributed by atoms with Crippen LogP contribution in [0.1, 0.15) is 11.4 Å². The van der Waals surface area contributed by atoms with E-state index in [0.717, 1.165) is 0 Å². The lowest BCUT2D eigenvalue weighted by atomic mass is 10.4. The number of aromatic nitrogens is 2. The molecule has 76 valence electrons. The lowest BCUT2D eigenvalue weighted by molar-refractivity contribution is 0.322. The van der Waals surface area contributed by atoms with Gasteiger partial charge in [0.1, 0.15) is 17.2 Å². The lowest BCUT2D eigenvalue weighted by Gasteiger charge is -2.02. The topological polar surface area (TPSA) is 120 Å². The molecular formula is C8H7N5OS. The predicted molar refractivity (Wildman–Crippen MR) is 53.7 cm³/mol. The Morgan fingerprint density at radius 1 is 1.27 bits per heavy atom. The van der Waals surface area contributed by atoms with Gasteiger partial charge in [0, 0.05) is 5.75 Å². The van der Waals surface area contributed by atoms with Crippen LogP contribution in [0.15, 0.2) is 5.03 Å². The van der Waals surface area contributed by atoms with E-state index < -0.39 is 0 Å². The Kier molecular flexibility index (Phi) is 3.86. The molecule has 0 radical (unpaired) electrons. The first-order valence-electron chi connectivity index (χ1n) is 3.94. The van der Waals surface area contributed by atoms with Gasteiger partial charge in [0.05, 0.1) is 6.61 Å². The maximum Gasteiger partial charge on any atom is 0.184 e. The average Bonchev–Trinajstić information content (AvgIpc) is 2.26. The maximum atomic E-state index is 8.75. The van der Waals surface area contributed by atoms with Gasteiger partial charge >= 0.3 is 0 Å². The quantitative estimate of drug-likeness (QED) is 0.683. The third kappa shape index (κ3) is 2.56. The van der Waals surface area contributed by atoms with Crippen LogP contribution in [-0.2, 0) is 0 Å². The average molecular weight is 221 g/mol. The zero-order chi connectivity index (χ0) is 11.3. The van der Waals surface area contributed by atoms with Gasteiger partial charge < -0.3 is 10.8 Å². The molecule has 0 aromatic carbocycles. The van der Waals surface area contributed by atoms with Crippen LogP contribution in [0.3, 0.4) is 0 Å². The van der Waals surface area contributed by atoms with E-state index >= 15 is 0 Å². The molecule has 0 bridgehead atoms. The number of anilines is 1. The molecule has 0 aliphatic heterocycles. The molecular weight excluding hydrogens is 214 g/mol. The summed E-state index contributed by atoms with van der Waals surface area (Å²) >= 11 is 1.17. The van der Waals surface area contributed by atoms with Crippen molar-refractivity contribution in [2.45, 2.75) is 5.03 Å². The van der Waals surface area contributed by atoms with E-state index in [0.29, 0.717) is 10.8 Å².